The molecule has 0 aromatic heterocycles. The van der Waals surface area contributed by atoms with Gasteiger partial charge in [-0.15, -0.1) is 11.6 Å². The highest BCUT2D eigenvalue weighted by molar-refractivity contribution is 7.89. The van der Waals surface area contributed by atoms with Gasteiger partial charge in [0, 0.05) is 18.5 Å². The highest BCUT2D eigenvalue weighted by Crippen LogP contribution is 2.28. The molecule has 0 bridgehead atoms. The van der Waals surface area contributed by atoms with E-state index in [0.29, 0.717) is 17.3 Å². The van der Waals surface area contributed by atoms with Crippen molar-refractivity contribution in [2.75, 3.05) is 12.4 Å². The number of hydrogen-bond acceptors (Lipinski definition) is 2. The smallest absolute Gasteiger partial charge is 0.207 e. The van der Waals surface area contributed by atoms with Crippen LogP contribution in [0.15, 0.2) is 29.2 Å². The van der Waals surface area contributed by atoms with Crippen LogP contribution in [0.25, 0.3) is 0 Å². The molecule has 1 unspecified atom stereocenters. The number of hydrogen-bond donors (Lipinski definition) is 0. The average Bonchev–Trinajstić information content (AvgIpc) is 2.85. The minimum atomic E-state index is -3.35. The predicted molar refractivity (Wildman–Crippen MR) is 78.0 cm³/mol. The van der Waals surface area contributed by atoms with E-state index in [4.69, 9.17) is 11.6 Å². The first-order valence-corrected chi connectivity index (χ1v) is 8.67. The third kappa shape index (κ3) is 3.30. The number of halogens is 1. The van der Waals surface area contributed by atoms with Crippen molar-refractivity contribution in [3.05, 3.63) is 29.8 Å². The van der Waals surface area contributed by atoms with Crippen molar-refractivity contribution in [1.82, 2.24) is 4.31 Å². The standard InChI is InChI=1S/C14H20ClNO2S/c1-12-5-2-8-14(11-12)19(17,18)16-10-4-7-13(16)6-3-9-15/h2,5,8,11,13H,3-4,6-7,9-10H2,1H3. The van der Waals surface area contributed by atoms with Crippen LogP contribution in [0, 0.1) is 6.92 Å². The zero-order valence-corrected chi connectivity index (χ0v) is 12.8. The highest BCUT2D eigenvalue weighted by atomic mass is 35.5. The quantitative estimate of drug-likeness (QED) is 0.783. The number of rotatable bonds is 5. The SMILES string of the molecule is Cc1cccc(S(=O)(=O)N2CCCC2CCCCl)c1. The Morgan fingerprint density at radius 1 is 1.42 bits per heavy atom. The van der Waals surface area contributed by atoms with E-state index in [2.05, 4.69) is 0 Å². The summed E-state index contributed by atoms with van der Waals surface area (Å²) in [4.78, 5) is 0.408. The van der Waals surface area contributed by atoms with Gasteiger partial charge in [0.15, 0.2) is 0 Å². The van der Waals surface area contributed by atoms with E-state index in [1.54, 1.807) is 22.5 Å². The summed E-state index contributed by atoms with van der Waals surface area (Å²) in [5, 5.41) is 0. The fraction of sp³-hybridized carbons (Fsp3) is 0.571. The maximum atomic E-state index is 12.7. The van der Waals surface area contributed by atoms with Crippen LogP contribution in [0.3, 0.4) is 0 Å². The second kappa shape index (κ2) is 6.25. The molecule has 1 saturated heterocycles. The Kier molecular flexibility index (Phi) is 4.87. The van der Waals surface area contributed by atoms with Gasteiger partial charge >= 0.3 is 0 Å². The summed E-state index contributed by atoms with van der Waals surface area (Å²) in [7, 11) is -3.35. The molecular formula is C14H20ClNO2S. The molecule has 3 nitrogen and oxygen atoms in total. The zero-order valence-electron chi connectivity index (χ0n) is 11.2. The second-order valence-electron chi connectivity index (χ2n) is 5.06. The van der Waals surface area contributed by atoms with Crippen LogP contribution in [0.5, 0.6) is 0 Å². The number of sulfonamides is 1. The molecule has 5 heteroatoms. The number of benzene rings is 1. The van der Waals surface area contributed by atoms with Crippen LogP contribution in [0.2, 0.25) is 0 Å². The van der Waals surface area contributed by atoms with Crippen LogP contribution in [-0.2, 0) is 10.0 Å². The summed E-state index contributed by atoms with van der Waals surface area (Å²) < 4.78 is 27.0. The molecule has 1 aliphatic rings. The summed E-state index contributed by atoms with van der Waals surface area (Å²) in [6.07, 6.45) is 3.61. The van der Waals surface area contributed by atoms with Crippen molar-refractivity contribution in [1.29, 1.82) is 0 Å². The lowest BCUT2D eigenvalue weighted by Crippen LogP contribution is -2.35. The Balaban J connectivity index is 2.23. The van der Waals surface area contributed by atoms with Gasteiger partial charge in [-0.1, -0.05) is 12.1 Å². The number of alkyl halides is 1. The monoisotopic (exact) mass is 301 g/mol. The van der Waals surface area contributed by atoms with Crippen LogP contribution in [0.4, 0.5) is 0 Å². The third-order valence-corrected chi connectivity index (χ3v) is 5.81. The Labute approximate surface area is 120 Å². The maximum Gasteiger partial charge on any atom is 0.243 e. The van der Waals surface area contributed by atoms with Crippen LogP contribution in [0.1, 0.15) is 31.2 Å². The van der Waals surface area contributed by atoms with E-state index in [-0.39, 0.29) is 6.04 Å². The molecule has 1 atom stereocenters. The first kappa shape index (κ1) is 14.8. The van der Waals surface area contributed by atoms with E-state index in [9.17, 15) is 8.42 Å². The van der Waals surface area contributed by atoms with E-state index in [1.165, 1.54) is 0 Å². The lowest BCUT2D eigenvalue weighted by atomic mass is 10.1. The zero-order chi connectivity index (χ0) is 13.9. The lowest BCUT2D eigenvalue weighted by Gasteiger charge is -2.24. The molecule has 0 amide bonds. The molecule has 1 aromatic rings. The summed E-state index contributed by atoms with van der Waals surface area (Å²) in [5.41, 5.74) is 0.970. The van der Waals surface area contributed by atoms with Crippen molar-refractivity contribution in [2.45, 2.75) is 43.5 Å². The molecule has 19 heavy (non-hydrogen) atoms. The molecule has 1 fully saturated rings. The van der Waals surface area contributed by atoms with Gasteiger partial charge in [-0.2, -0.15) is 4.31 Å². The molecule has 0 radical (unpaired) electrons. The van der Waals surface area contributed by atoms with Crippen LogP contribution >= 0.6 is 11.6 Å². The Morgan fingerprint density at radius 2 is 2.21 bits per heavy atom. The molecule has 1 aliphatic heterocycles. The topological polar surface area (TPSA) is 37.4 Å². The van der Waals surface area contributed by atoms with Crippen molar-refractivity contribution in [3.63, 3.8) is 0 Å². The molecule has 0 spiro atoms. The molecule has 1 aromatic carbocycles. The molecular weight excluding hydrogens is 282 g/mol. The van der Waals surface area contributed by atoms with Gasteiger partial charge in [-0.25, -0.2) is 8.42 Å². The number of aryl methyl sites for hydroxylation is 1. The fourth-order valence-electron chi connectivity index (χ4n) is 2.64. The van der Waals surface area contributed by atoms with Crippen LogP contribution < -0.4 is 0 Å². The molecule has 0 aliphatic carbocycles. The van der Waals surface area contributed by atoms with Crippen molar-refractivity contribution >= 4 is 21.6 Å². The highest BCUT2D eigenvalue weighted by Gasteiger charge is 2.34. The van der Waals surface area contributed by atoms with Crippen molar-refractivity contribution < 1.29 is 8.42 Å². The Bertz CT molecular complexity index is 530. The molecule has 106 valence electrons. The van der Waals surface area contributed by atoms with Crippen molar-refractivity contribution in [3.8, 4) is 0 Å². The normalized spacial score (nSPS) is 20.8. The van der Waals surface area contributed by atoms with Gasteiger partial charge in [0.05, 0.1) is 4.90 Å². The summed E-state index contributed by atoms with van der Waals surface area (Å²) in [6, 6.07) is 7.25. The fourth-order valence-corrected chi connectivity index (χ4v) is 4.62. The molecule has 0 saturated carbocycles. The maximum absolute atomic E-state index is 12.7. The van der Waals surface area contributed by atoms with E-state index >= 15 is 0 Å². The van der Waals surface area contributed by atoms with Gasteiger partial charge in [0.1, 0.15) is 0 Å². The van der Waals surface area contributed by atoms with Crippen molar-refractivity contribution in [2.24, 2.45) is 0 Å². The van der Waals surface area contributed by atoms with Crippen LogP contribution in [-0.4, -0.2) is 31.2 Å². The first-order chi connectivity index (χ1) is 9.05. The van der Waals surface area contributed by atoms with E-state index in [1.807, 2.05) is 13.0 Å². The molecule has 1 heterocycles. The van der Waals surface area contributed by atoms with Gasteiger partial charge < -0.3 is 0 Å². The van der Waals surface area contributed by atoms with E-state index < -0.39 is 10.0 Å². The average molecular weight is 302 g/mol. The minimum Gasteiger partial charge on any atom is -0.207 e. The predicted octanol–water partition coefficient (Wildman–Crippen LogP) is 3.17. The largest absolute Gasteiger partial charge is 0.243 e. The second-order valence-corrected chi connectivity index (χ2v) is 7.33. The summed E-state index contributed by atoms with van der Waals surface area (Å²) in [6.45, 7) is 2.54. The van der Waals surface area contributed by atoms with Gasteiger partial charge in [-0.3, -0.25) is 0 Å². The first-order valence-electron chi connectivity index (χ1n) is 6.70. The lowest BCUT2D eigenvalue weighted by molar-refractivity contribution is 0.368. The molecule has 2 rings (SSSR count). The Morgan fingerprint density at radius 3 is 2.89 bits per heavy atom. The van der Waals surface area contributed by atoms with Gasteiger partial charge in [0.2, 0.25) is 10.0 Å². The minimum absolute atomic E-state index is 0.115. The van der Waals surface area contributed by atoms with Gasteiger partial charge in [-0.05, 0) is 50.3 Å². The molecule has 0 N–H and O–H groups in total. The Hall–Kier alpha value is -0.580. The third-order valence-electron chi connectivity index (χ3n) is 3.59. The number of nitrogens with zero attached hydrogens (tertiary/aromatic N) is 1. The summed E-state index contributed by atoms with van der Waals surface area (Å²) in [5.74, 6) is 0.592. The van der Waals surface area contributed by atoms with Gasteiger partial charge in [0.25, 0.3) is 0 Å². The van der Waals surface area contributed by atoms with E-state index in [0.717, 1.165) is 31.2 Å². The summed E-state index contributed by atoms with van der Waals surface area (Å²) >= 11 is 5.71.